The molecular formula is C36H36N8O. The van der Waals surface area contributed by atoms with Crippen molar-refractivity contribution < 1.29 is 4.79 Å². The van der Waals surface area contributed by atoms with Crippen LogP contribution in [-0.4, -0.2) is 82.8 Å². The maximum absolute atomic E-state index is 13.7. The number of Topliss-reactive ketones (excluding diaryl/α,β-unsaturated/α-hetero) is 1. The molecule has 0 atom stereocenters. The molecule has 4 heterocycles. The number of piperazine rings is 2. The number of fused-ring (bicyclic) bond motifs is 2. The molecule has 0 unspecified atom stereocenters. The molecule has 9 nitrogen and oxygen atoms in total. The van der Waals surface area contributed by atoms with Crippen LogP contribution >= 0.6 is 0 Å². The zero-order valence-electron chi connectivity index (χ0n) is 25.7. The van der Waals surface area contributed by atoms with Crippen LogP contribution in [0.15, 0.2) is 72.8 Å². The Hall–Kier alpha value is -4.86. The van der Waals surface area contributed by atoms with Gasteiger partial charge in [-0.3, -0.25) is 4.79 Å². The molecule has 8 rings (SSSR count). The Kier molecular flexibility index (Phi) is 6.92. The molecule has 3 aliphatic rings. The minimum atomic E-state index is 0.103. The van der Waals surface area contributed by atoms with Gasteiger partial charge >= 0.3 is 0 Å². The van der Waals surface area contributed by atoms with E-state index in [1.807, 2.05) is 35.9 Å². The Labute approximate surface area is 262 Å². The van der Waals surface area contributed by atoms with E-state index in [0.29, 0.717) is 0 Å². The van der Waals surface area contributed by atoms with Crippen LogP contribution in [0.2, 0.25) is 0 Å². The fourth-order valence-electron chi connectivity index (χ4n) is 6.87. The second kappa shape index (κ2) is 11.3. The number of benzene rings is 3. The molecule has 1 aliphatic carbocycles. The van der Waals surface area contributed by atoms with Crippen LogP contribution in [0, 0.1) is 13.8 Å². The maximum atomic E-state index is 13.7. The summed E-state index contributed by atoms with van der Waals surface area (Å²) in [6.07, 6.45) is 0. The van der Waals surface area contributed by atoms with Crippen molar-refractivity contribution in [1.82, 2.24) is 35.3 Å². The first kappa shape index (κ1) is 27.7. The highest BCUT2D eigenvalue weighted by Gasteiger charge is 2.33. The van der Waals surface area contributed by atoms with Crippen LogP contribution in [0.3, 0.4) is 0 Å². The molecule has 0 saturated carbocycles. The number of carbonyl (C=O) groups is 1. The van der Waals surface area contributed by atoms with Gasteiger partial charge in [-0.05, 0) is 48.7 Å². The molecule has 2 N–H and O–H groups in total. The van der Waals surface area contributed by atoms with Crippen LogP contribution < -0.4 is 15.5 Å². The van der Waals surface area contributed by atoms with E-state index in [1.54, 1.807) is 0 Å². The van der Waals surface area contributed by atoms with Crippen molar-refractivity contribution in [3.63, 3.8) is 0 Å². The van der Waals surface area contributed by atoms with Gasteiger partial charge < -0.3 is 20.4 Å². The van der Waals surface area contributed by atoms with E-state index >= 15 is 0 Å². The first-order chi connectivity index (χ1) is 22.0. The summed E-state index contributed by atoms with van der Waals surface area (Å²) in [6, 6.07) is 24.8. The van der Waals surface area contributed by atoms with Gasteiger partial charge in [-0.25, -0.2) is 14.6 Å². The Morgan fingerprint density at radius 2 is 1.27 bits per heavy atom. The fourth-order valence-corrected chi connectivity index (χ4v) is 6.87. The van der Waals surface area contributed by atoms with Crippen LogP contribution in [-0.2, 0) is 0 Å². The van der Waals surface area contributed by atoms with E-state index in [4.69, 9.17) is 15.1 Å². The Morgan fingerprint density at radius 1 is 0.644 bits per heavy atom. The summed E-state index contributed by atoms with van der Waals surface area (Å²) in [7, 11) is 0. The van der Waals surface area contributed by atoms with E-state index in [2.05, 4.69) is 75.9 Å². The summed E-state index contributed by atoms with van der Waals surface area (Å²) in [6.45, 7) is 11.2. The number of hydrogen-bond acceptors (Lipinski definition) is 8. The van der Waals surface area contributed by atoms with Crippen LogP contribution in [0.4, 0.5) is 5.82 Å². The minimum absolute atomic E-state index is 0.103. The smallest absolute Gasteiger partial charge is 0.197 e. The van der Waals surface area contributed by atoms with Crippen LogP contribution in [0.25, 0.3) is 39.2 Å². The zero-order valence-corrected chi connectivity index (χ0v) is 25.7. The molecule has 5 aromatic rings. The number of aromatic nitrogens is 4. The van der Waals surface area contributed by atoms with Gasteiger partial charge in [0.15, 0.2) is 17.4 Å². The van der Waals surface area contributed by atoms with E-state index in [1.165, 1.54) is 0 Å². The summed E-state index contributed by atoms with van der Waals surface area (Å²) in [5.74, 6) is 1.73. The summed E-state index contributed by atoms with van der Waals surface area (Å²) >= 11 is 0. The molecule has 2 fully saturated rings. The van der Waals surface area contributed by atoms with Gasteiger partial charge in [-0.1, -0.05) is 54.6 Å². The lowest BCUT2D eigenvalue weighted by Crippen LogP contribution is -2.44. The largest absolute Gasteiger partial charge is 0.368 e. The normalized spacial score (nSPS) is 17.0. The number of anilines is 1. The van der Waals surface area contributed by atoms with Gasteiger partial charge in [0.2, 0.25) is 0 Å². The lowest BCUT2D eigenvalue weighted by Gasteiger charge is -2.31. The maximum Gasteiger partial charge on any atom is 0.197 e. The van der Waals surface area contributed by atoms with Gasteiger partial charge in [0.25, 0.3) is 0 Å². The Balaban J connectivity index is 1.18. The third-order valence-electron chi connectivity index (χ3n) is 9.09. The number of aryl methyl sites for hydroxylation is 2. The Morgan fingerprint density at radius 3 is 1.96 bits per heavy atom. The highest BCUT2D eigenvalue weighted by Crippen LogP contribution is 2.41. The highest BCUT2D eigenvalue weighted by molar-refractivity contribution is 6.39. The molecule has 0 amide bonds. The summed E-state index contributed by atoms with van der Waals surface area (Å²) < 4.78 is 1.91. The monoisotopic (exact) mass is 596 g/mol. The predicted molar refractivity (Wildman–Crippen MR) is 179 cm³/mol. The molecule has 2 aliphatic heterocycles. The van der Waals surface area contributed by atoms with Gasteiger partial charge in [-0.2, -0.15) is 5.10 Å². The number of nitrogens with zero attached hydrogens (tertiary/aromatic N) is 6. The number of allylic oxidation sites excluding steroid dienone is 1. The molecule has 3 aromatic carbocycles. The number of hydrogen-bond donors (Lipinski definition) is 2. The molecule has 45 heavy (non-hydrogen) atoms. The van der Waals surface area contributed by atoms with Crippen molar-refractivity contribution in [1.29, 1.82) is 0 Å². The third-order valence-corrected chi connectivity index (χ3v) is 9.09. The SMILES string of the molecule is Cc1cc(C)n(-c2nc3ccc(-c4ccc(C5=C(N6CCNCC6)c6ccccc6C5=O)cc4)cc3nc2N2CCNCC2)n1. The minimum Gasteiger partial charge on any atom is -0.368 e. The molecule has 0 bridgehead atoms. The summed E-state index contributed by atoms with van der Waals surface area (Å²) in [5.41, 5.74) is 10.4. The molecule has 0 radical (unpaired) electrons. The number of ketones is 1. The lowest BCUT2D eigenvalue weighted by molar-refractivity contribution is 0.105. The van der Waals surface area contributed by atoms with Crippen LogP contribution in [0.1, 0.15) is 32.9 Å². The first-order valence-corrected chi connectivity index (χ1v) is 15.8. The summed E-state index contributed by atoms with van der Waals surface area (Å²) in [4.78, 5) is 28.7. The highest BCUT2D eigenvalue weighted by atomic mass is 16.1. The summed E-state index contributed by atoms with van der Waals surface area (Å²) in [5, 5.41) is 11.6. The molecule has 9 heteroatoms. The van der Waals surface area contributed by atoms with E-state index in [-0.39, 0.29) is 5.78 Å². The van der Waals surface area contributed by atoms with Crippen molar-refractivity contribution >= 4 is 33.9 Å². The lowest BCUT2D eigenvalue weighted by atomic mass is 9.97. The van der Waals surface area contributed by atoms with Gasteiger partial charge in [0.05, 0.1) is 28.0 Å². The Bertz CT molecular complexity index is 1960. The van der Waals surface area contributed by atoms with Crippen molar-refractivity contribution in [2.45, 2.75) is 13.8 Å². The topological polar surface area (TPSA) is 91.2 Å². The second-order valence-corrected chi connectivity index (χ2v) is 12.1. The van der Waals surface area contributed by atoms with E-state index in [9.17, 15) is 4.79 Å². The average molecular weight is 597 g/mol. The van der Waals surface area contributed by atoms with Crippen molar-refractivity contribution in [3.8, 4) is 16.9 Å². The van der Waals surface area contributed by atoms with Crippen molar-refractivity contribution in [2.75, 3.05) is 57.3 Å². The van der Waals surface area contributed by atoms with Crippen LogP contribution in [0.5, 0.6) is 0 Å². The zero-order chi connectivity index (χ0) is 30.5. The fraction of sp³-hybridized carbons (Fsp3) is 0.278. The molecule has 2 saturated heterocycles. The van der Waals surface area contributed by atoms with Gasteiger partial charge in [0.1, 0.15) is 0 Å². The van der Waals surface area contributed by atoms with Gasteiger partial charge in [0, 0.05) is 69.2 Å². The number of rotatable bonds is 5. The first-order valence-electron chi connectivity index (χ1n) is 15.8. The van der Waals surface area contributed by atoms with Gasteiger partial charge in [-0.15, -0.1) is 0 Å². The van der Waals surface area contributed by atoms with E-state index < -0.39 is 0 Å². The predicted octanol–water partition coefficient (Wildman–Crippen LogP) is 4.48. The standard InChI is InChI=1S/C36H36N8O/c1-23-21-24(2)44(41-23)36-35(43-19-15-38-16-20-43)40-31-22-27(11-12-30(31)39-36)25-7-9-26(10-8-25)32-33(42-17-13-37-14-18-42)28-5-3-4-6-29(28)34(32)45/h3-12,21-22,37-38H,13-20H2,1-2H3. The molecule has 226 valence electrons. The van der Waals surface area contributed by atoms with E-state index in [0.717, 1.165) is 126 Å². The molecular weight excluding hydrogens is 560 g/mol. The second-order valence-electron chi connectivity index (χ2n) is 12.1. The van der Waals surface area contributed by atoms with Crippen molar-refractivity contribution in [2.24, 2.45) is 0 Å². The molecule has 2 aromatic heterocycles. The third kappa shape index (κ3) is 4.88. The van der Waals surface area contributed by atoms with Crippen molar-refractivity contribution in [3.05, 3.63) is 101 Å². The molecule has 0 spiro atoms. The average Bonchev–Trinajstić information content (AvgIpc) is 3.59. The quantitative estimate of drug-likeness (QED) is 0.307. The number of nitrogens with one attached hydrogen (secondary N) is 2. The number of carbonyl (C=O) groups excluding carboxylic acids is 1.